The molecule has 7 heteroatoms. The molecule has 1 N–H and O–H groups in total. The summed E-state index contributed by atoms with van der Waals surface area (Å²) in [5, 5.41) is 8.05. The number of hydrogen-bond acceptors (Lipinski definition) is 5. The van der Waals surface area contributed by atoms with Crippen molar-refractivity contribution in [1.29, 1.82) is 0 Å². The van der Waals surface area contributed by atoms with Crippen molar-refractivity contribution in [2.24, 2.45) is 7.05 Å². The molecule has 0 fully saturated rings. The third kappa shape index (κ3) is 3.90. The largest absolute Gasteiger partial charge is 0.497 e. The number of nitrogens with one attached hydrogen (secondary N) is 1. The first kappa shape index (κ1) is 20.3. The molecule has 7 nitrogen and oxygen atoms in total. The first-order chi connectivity index (χ1) is 14.9. The molecule has 0 saturated carbocycles. The Morgan fingerprint density at radius 2 is 1.81 bits per heavy atom. The Labute approximate surface area is 179 Å². The number of fused-ring (bicyclic) bond motifs is 1. The lowest BCUT2D eigenvalue weighted by molar-refractivity contribution is 0.101. The Morgan fingerprint density at radius 1 is 1.06 bits per heavy atom. The monoisotopic (exact) mass is 414 g/mol. The number of hydrogen-bond donors (Lipinski definition) is 1. The molecule has 0 aliphatic carbocycles. The van der Waals surface area contributed by atoms with E-state index in [1.165, 1.54) is 6.92 Å². The number of nitrogens with zero attached hydrogens (tertiary/aromatic N) is 3. The maximum atomic E-state index is 13.3. The summed E-state index contributed by atoms with van der Waals surface area (Å²) >= 11 is 0. The van der Waals surface area contributed by atoms with Crippen LogP contribution in [0.1, 0.15) is 33.3 Å². The number of aromatic nitrogens is 3. The van der Waals surface area contributed by atoms with E-state index in [1.807, 2.05) is 31.2 Å². The van der Waals surface area contributed by atoms with Gasteiger partial charge in [0.2, 0.25) is 0 Å². The molecule has 0 unspecified atom stereocenters. The Morgan fingerprint density at radius 3 is 2.48 bits per heavy atom. The molecule has 31 heavy (non-hydrogen) atoms. The Balaban J connectivity index is 1.80. The molecule has 0 spiro atoms. The molecule has 0 saturated heterocycles. The van der Waals surface area contributed by atoms with Crippen LogP contribution < -0.4 is 10.1 Å². The van der Waals surface area contributed by atoms with E-state index in [1.54, 1.807) is 49.2 Å². The van der Waals surface area contributed by atoms with Crippen molar-refractivity contribution >= 4 is 28.4 Å². The van der Waals surface area contributed by atoms with E-state index >= 15 is 0 Å². The zero-order valence-electron chi connectivity index (χ0n) is 17.8. The lowest BCUT2D eigenvalue weighted by Gasteiger charge is -2.10. The van der Waals surface area contributed by atoms with Crippen LogP contribution in [0.2, 0.25) is 0 Å². The number of methoxy groups -OCH3 is 1. The van der Waals surface area contributed by atoms with Crippen LogP contribution in [0.5, 0.6) is 5.75 Å². The number of anilines is 1. The number of carbonyl (C=O) groups excluding carboxylic acids is 2. The van der Waals surface area contributed by atoms with Crippen LogP contribution in [0.4, 0.5) is 5.69 Å². The Kier molecular flexibility index (Phi) is 5.25. The molecule has 4 aromatic rings. The first-order valence-corrected chi connectivity index (χ1v) is 9.78. The van der Waals surface area contributed by atoms with Crippen molar-refractivity contribution in [3.63, 3.8) is 0 Å². The molecule has 2 aromatic carbocycles. The number of ether oxygens (including phenoxy) is 1. The molecular formula is C24H22N4O3. The maximum absolute atomic E-state index is 13.3. The standard InChI is InChI=1S/C24H22N4O3/c1-14-22-20(24(30)25-18-7-5-6-17(12-18)15(2)29)13-21(26-23(22)28(3)27-14)16-8-10-19(31-4)11-9-16/h5-13H,1-4H3,(H,25,30). The quantitative estimate of drug-likeness (QED) is 0.489. The first-order valence-electron chi connectivity index (χ1n) is 9.78. The summed E-state index contributed by atoms with van der Waals surface area (Å²) in [4.78, 5) is 29.7. The number of amides is 1. The average Bonchev–Trinajstić information content (AvgIpc) is 3.06. The number of carbonyl (C=O) groups is 2. The molecule has 0 aliphatic heterocycles. The summed E-state index contributed by atoms with van der Waals surface area (Å²) in [6.45, 7) is 3.34. The minimum atomic E-state index is -0.293. The van der Waals surface area contributed by atoms with E-state index in [2.05, 4.69) is 10.4 Å². The zero-order chi connectivity index (χ0) is 22.1. The van der Waals surface area contributed by atoms with Crippen LogP contribution >= 0.6 is 0 Å². The van der Waals surface area contributed by atoms with Gasteiger partial charge in [-0.1, -0.05) is 12.1 Å². The second-order valence-electron chi connectivity index (χ2n) is 7.28. The summed E-state index contributed by atoms with van der Waals surface area (Å²) in [6.07, 6.45) is 0. The summed E-state index contributed by atoms with van der Waals surface area (Å²) in [5.74, 6) is 0.385. The maximum Gasteiger partial charge on any atom is 0.256 e. The van der Waals surface area contributed by atoms with E-state index in [-0.39, 0.29) is 11.7 Å². The van der Waals surface area contributed by atoms with Crippen molar-refractivity contribution < 1.29 is 14.3 Å². The molecule has 0 aliphatic rings. The van der Waals surface area contributed by atoms with E-state index in [4.69, 9.17) is 9.72 Å². The van der Waals surface area contributed by atoms with Crippen LogP contribution in [-0.2, 0) is 7.05 Å². The summed E-state index contributed by atoms with van der Waals surface area (Å²) in [7, 11) is 3.42. The normalized spacial score (nSPS) is 10.8. The number of aryl methyl sites for hydroxylation is 2. The lowest BCUT2D eigenvalue weighted by Crippen LogP contribution is -2.13. The SMILES string of the molecule is COc1ccc(-c2cc(C(=O)Nc3cccc(C(C)=O)c3)c3c(C)nn(C)c3n2)cc1. The van der Waals surface area contributed by atoms with Crippen molar-refractivity contribution in [2.45, 2.75) is 13.8 Å². The third-order valence-electron chi connectivity index (χ3n) is 5.13. The van der Waals surface area contributed by atoms with Crippen LogP contribution in [0.25, 0.3) is 22.3 Å². The van der Waals surface area contributed by atoms with Gasteiger partial charge in [-0.2, -0.15) is 5.10 Å². The van der Waals surface area contributed by atoms with Gasteiger partial charge in [0, 0.05) is 23.9 Å². The topological polar surface area (TPSA) is 86.1 Å². The molecule has 0 atom stereocenters. The van der Waals surface area contributed by atoms with Gasteiger partial charge in [0.15, 0.2) is 11.4 Å². The highest BCUT2D eigenvalue weighted by Crippen LogP contribution is 2.28. The third-order valence-corrected chi connectivity index (χ3v) is 5.13. The van der Waals surface area contributed by atoms with E-state index in [0.717, 1.165) is 11.3 Å². The minimum absolute atomic E-state index is 0.0627. The number of ketones is 1. The molecule has 156 valence electrons. The fourth-order valence-corrected chi connectivity index (χ4v) is 3.55. The molecule has 1 amide bonds. The zero-order valence-corrected chi connectivity index (χ0v) is 17.8. The van der Waals surface area contributed by atoms with Crippen LogP contribution in [0.15, 0.2) is 54.6 Å². The second kappa shape index (κ2) is 8.02. The van der Waals surface area contributed by atoms with Gasteiger partial charge in [-0.25, -0.2) is 4.98 Å². The van der Waals surface area contributed by atoms with Crippen molar-refractivity contribution in [2.75, 3.05) is 12.4 Å². The van der Waals surface area contributed by atoms with Gasteiger partial charge in [0.25, 0.3) is 5.91 Å². The molecule has 0 bridgehead atoms. The predicted octanol–water partition coefficient (Wildman–Crippen LogP) is 4.41. The van der Waals surface area contributed by atoms with E-state index in [9.17, 15) is 9.59 Å². The number of Topliss-reactive ketones (excluding diaryl/α,β-unsaturated/α-hetero) is 1. The number of benzene rings is 2. The molecular weight excluding hydrogens is 392 g/mol. The minimum Gasteiger partial charge on any atom is -0.497 e. The fraction of sp³-hybridized carbons (Fsp3) is 0.167. The van der Waals surface area contributed by atoms with Crippen LogP contribution in [0, 0.1) is 6.92 Å². The average molecular weight is 414 g/mol. The van der Waals surface area contributed by atoms with Gasteiger partial charge in [0.1, 0.15) is 5.75 Å². The Bertz CT molecular complexity index is 1310. The van der Waals surface area contributed by atoms with E-state index in [0.29, 0.717) is 39.2 Å². The summed E-state index contributed by atoms with van der Waals surface area (Å²) in [6, 6.07) is 16.1. The molecule has 0 radical (unpaired) electrons. The van der Waals surface area contributed by atoms with Crippen molar-refractivity contribution in [3.8, 4) is 17.0 Å². The second-order valence-corrected chi connectivity index (χ2v) is 7.28. The van der Waals surface area contributed by atoms with E-state index < -0.39 is 0 Å². The smallest absolute Gasteiger partial charge is 0.256 e. The van der Waals surface area contributed by atoms with Gasteiger partial charge >= 0.3 is 0 Å². The van der Waals surface area contributed by atoms with Gasteiger partial charge in [-0.15, -0.1) is 0 Å². The molecule has 2 aromatic heterocycles. The van der Waals surface area contributed by atoms with Crippen molar-refractivity contribution in [3.05, 3.63) is 71.4 Å². The number of rotatable bonds is 5. The van der Waals surface area contributed by atoms with Gasteiger partial charge in [-0.05, 0) is 56.3 Å². The molecule has 4 rings (SSSR count). The van der Waals surface area contributed by atoms with Crippen molar-refractivity contribution in [1.82, 2.24) is 14.8 Å². The highest BCUT2D eigenvalue weighted by atomic mass is 16.5. The van der Waals surface area contributed by atoms with Gasteiger partial charge < -0.3 is 10.1 Å². The fourth-order valence-electron chi connectivity index (χ4n) is 3.55. The number of pyridine rings is 1. The van der Waals surface area contributed by atoms with Gasteiger partial charge in [-0.3, -0.25) is 14.3 Å². The lowest BCUT2D eigenvalue weighted by atomic mass is 10.0. The molecule has 2 heterocycles. The summed E-state index contributed by atoms with van der Waals surface area (Å²) < 4.78 is 6.90. The summed E-state index contributed by atoms with van der Waals surface area (Å²) in [5.41, 5.74) is 4.40. The predicted molar refractivity (Wildman–Crippen MR) is 120 cm³/mol. The highest BCUT2D eigenvalue weighted by molar-refractivity contribution is 6.13. The van der Waals surface area contributed by atoms with Gasteiger partial charge in [0.05, 0.1) is 29.4 Å². The Hall–Kier alpha value is -4.00. The van der Waals surface area contributed by atoms with Crippen LogP contribution in [-0.4, -0.2) is 33.6 Å². The highest BCUT2D eigenvalue weighted by Gasteiger charge is 2.19. The van der Waals surface area contributed by atoms with Crippen LogP contribution in [0.3, 0.4) is 0 Å².